The van der Waals surface area contributed by atoms with Crippen molar-refractivity contribution in [2.24, 2.45) is 11.7 Å². The molecule has 6 heteroatoms. The molecule has 2 atom stereocenters. The number of carbonyl (C=O) groups excluding carboxylic acids is 1. The zero-order valence-corrected chi connectivity index (χ0v) is 16.9. The Morgan fingerprint density at radius 2 is 1.81 bits per heavy atom. The van der Waals surface area contributed by atoms with E-state index in [2.05, 4.69) is 40.5 Å². The second-order valence-corrected chi connectivity index (χ2v) is 7.22. The number of anilines is 2. The molecule has 0 bridgehead atoms. The number of carbonyl (C=O) groups is 1. The Morgan fingerprint density at radius 1 is 1.07 bits per heavy atom. The van der Waals surface area contributed by atoms with Crippen molar-refractivity contribution >= 4 is 42.1 Å². The van der Waals surface area contributed by atoms with Gasteiger partial charge in [0.15, 0.2) is 0 Å². The van der Waals surface area contributed by atoms with Crippen LogP contribution in [0.1, 0.15) is 30.4 Å². The van der Waals surface area contributed by atoms with Crippen molar-refractivity contribution in [2.45, 2.75) is 38.3 Å². The van der Waals surface area contributed by atoms with Gasteiger partial charge in [0.2, 0.25) is 5.91 Å². The van der Waals surface area contributed by atoms with E-state index in [1.165, 1.54) is 11.3 Å². The topological polar surface area (TPSA) is 58.4 Å². The molecule has 1 heterocycles. The number of nitrogens with two attached hydrogens (primary N) is 1. The van der Waals surface area contributed by atoms with Gasteiger partial charge in [0.05, 0.1) is 0 Å². The maximum absolute atomic E-state index is 12.6. The predicted molar refractivity (Wildman–Crippen MR) is 116 cm³/mol. The van der Waals surface area contributed by atoms with Crippen LogP contribution in [0.2, 0.25) is 0 Å². The standard InChI is InChI=1S/C21H25N3O.2ClH/c22-18-10-9-16(13-18)21(25)23-19-7-3-1-6-17(19)14-24-12-11-15-5-2-4-8-20(15)24;;/h1-8,16,18H,9-14,22H2,(H,23,25);2*1H. The third-order valence-corrected chi connectivity index (χ3v) is 5.46. The zero-order valence-electron chi connectivity index (χ0n) is 15.3. The highest BCUT2D eigenvalue weighted by Gasteiger charge is 2.28. The summed E-state index contributed by atoms with van der Waals surface area (Å²) in [6, 6.07) is 16.9. The predicted octanol–water partition coefficient (Wildman–Crippen LogP) is 4.16. The van der Waals surface area contributed by atoms with Crippen LogP contribution in [-0.2, 0) is 17.8 Å². The van der Waals surface area contributed by atoms with Crippen molar-refractivity contribution in [3.05, 3.63) is 59.7 Å². The van der Waals surface area contributed by atoms with Crippen molar-refractivity contribution in [1.29, 1.82) is 0 Å². The van der Waals surface area contributed by atoms with Crippen molar-refractivity contribution in [2.75, 3.05) is 16.8 Å². The van der Waals surface area contributed by atoms with Gasteiger partial charge in [0, 0.05) is 36.4 Å². The Bertz CT molecular complexity index is 784. The highest BCUT2D eigenvalue weighted by molar-refractivity contribution is 5.93. The second kappa shape index (κ2) is 9.45. The summed E-state index contributed by atoms with van der Waals surface area (Å²) in [6.07, 6.45) is 3.73. The summed E-state index contributed by atoms with van der Waals surface area (Å²) in [7, 11) is 0. The molecule has 0 aromatic heterocycles. The third-order valence-electron chi connectivity index (χ3n) is 5.46. The van der Waals surface area contributed by atoms with E-state index < -0.39 is 0 Å². The monoisotopic (exact) mass is 407 g/mol. The first-order chi connectivity index (χ1) is 12.2. The molecule has 1 saturated carbocycles. The molecular formula is C21H27Cl2N3O. The molecule has 0 radical (unpaired) electrons. The van der Waals surface area contributed by atoms with E-state index in [4.69, 9.17) is 5.73 Å². The highest BCUT2D eigenvalue weighted by Crippen LogP contribution is 2.31. The lowest BCUT2D eigenvalue weighted by Gasteiger charge is -2.22. The highest BCUT2D eigenvalue weighted by atomic mass is 35.5. The van der Waals surface area contributed by atoms with Crippen molar-refractivity contribution in [1.82, 2.24) is 0 Å². The SMILES string of the molecule is Cl.Cl.NC1CCC(C(=O)Nc2ccccc2CN2CCc3ccccc32)C1. The normalized spacial score (nSPS) is 20.4. The Morgan fingerprint density at radius 3 is 2.59 bits per heavy atom. The van der Waals surface area contributed by atoms with Crippen LogP contribution >= 0.6 is 24.8 Å². The lowest BCUT2D eigenvalue weighted by atomic mass is 10.1. The second-order valence-electron chi connectivity index (χ2n) is 7.22. The fraction of sp³-hybridized carbons (Fsp3) is 0.381. The van der Waals surface area contributed by atoms with Gasteiger partial charge in [-0.15, -0.1) is 24.8 Å². The van der Waals surface area contributed by atoms with Gasteiger partial charge in [0.25, 0.3) is 0 Å². The van der Waals surface area contributed by atoms with E-state index >= 15 is 0 Å². The van der Waals surface area contributed by atoms with Crippen LogP contribution in [0, 0.1) is 5.92 Å². The number of fused-ring (bicyclic) bond motifs is 1. The fourth-order valence-corrected chi connectivity index (χ4v) is 4.05. The molecule has 1 amide bonds. The molecular weight excluding hydrogens is 381 g/mol. The summed E-state index contributed by atoms with van der Waals surface area (Å²) in [5.41, 5.74) is 10.8. The van der Waals surface area contributed by atoms with Crippen molar-refractivity contribution in [3.63, 3.8) is 0 Å². The van der Waals surface area contributed by atoms with E-state index in [9.17, 15) is 4.79 Å². The molecule has 2 unspecified atom stereocenters. The Balaban J connectivity index is 0.00000131. The van der Waals surface area contributed by atoms with E-state index in [1.807, 2.05) is 18.2 Å². The number of nitrogens with one attached hydrogen (secondary N) is 1. The zero-order chi connectivity index (χ0) is 17.2. The molecule has 0 saturated heterocycles. The maximum Gasteiger partial charge on any atom is 0.227 e. The number of nitrogens with zero attached hydrogens (tertiary/aromatic N) is 1. The van der Waals surface area contributed by atoms with Crippen LogP contribution in [0.4, 0.5) is 11.4 Å². The summed E-state index contributed by atoms with van der Waals surface area (Å²) in [4.78, 5) is 15.0. The van der Waals surface area contributed by atoms with E-state index in [-0.39, 0.29) is 42.7 Å². The summed E-state index contributed by atoms with van der Waals surface area (Å²) >= 11 is 0. The van der Waals surface area contributed by atoms with Gasteiger partial charge in [-0.2, -0.15) is 0 Å². The van der Waals surface area contributed by atoms with Crippen LogP contribution in [0.5, 0.6) is 0 Å². The lowest BCUT2D eigenvalue weighted by Crippen LogP contribution is -2.25. The largest absolute Gasteiger partial charge is 0.367 e. The first-order valence-corrected chi connectivity index (χ1v) is 9.18. The van der Waals surface area contributed by atoms with Gasteiger partial charge in [0.1, 0.15) is 0 Å². The first kappa shape index (κ1) is 21.5. The van der Waals surface area contributed by atoms with Gasteiger partial charge in [-0.05, 0) is 48.9 Å². The molecule has 4 nitrogen and oxygen atoms in total. The molecule has 3 N–H and O–H groups in total. The summed E-state index contributed by atoms with van der Waals surface area (Å²) in [5, 5.41) is 3.15. The molecule has 2 aliphatic rings. The quantitative estimate of drug-likeness (QED) is 0.799. The van der Waals surface area contributed by atoms with Gasteiger partial charge in [-0.1, -0.05) is 36.4 Å². The number of hydrogen-bond donors (Lipinski definition) is 2. The number of hydrogen-bond acceptors (Lipinski definition) is 3. The third kappa shape index (κ3) is 4.75. The van der Waals surface area contributed by atoms with E-state index in [0.717, 1.165) is 50.0 Å². The van der Waals surface area contributed by atoms with Crippen LogP contribution in [-0.4, -0.2) is 18.5 Å². The molecule has 4 rings (SSSR count). The number of rotatable bonds is 4. The van der Waals surface area contributed by atoms with Crippen LogP contribution < -0.4 is 16.0 Å². The van der Waals surface area contributed by atoms with Gasteiger partial charge < -0.3 is 16.0 Å². The summed E-state index contributed by atoms with van der Waals surface area (Å²) < 4.78 is 0. The molecule has 146 valence electrons. The fourth-order valence-electron chi connectivity index (χ4n) is 4.05. The number of para-hydroxylation sites is 2. The lowest BCUT2D eigenvalue weighted by molar-refractivity contribution is -0.119. The Hall–Kier alpha value is -1.75. The van der Waals surface area contributed by atoms with Crippen LogP contribution in [0.15, 0.2) is 48.5 Å². The molecule has 1 aliphatic carbocycles. The molecule has 2 aromatic carbocycles. The van der Waals surface area contributed by atoms with Crippen LogP contribution in [0.25, 0.3) is 0 Å². The van der Waals surface area contributed by atoms with Gasteiger partial charge in [-0.3, -0.25) is 4.79 Å². The molecule has 2 aromatic rings. The molecule has 0 spiro atoms. The first-order valence-electron chi connectivity index (χ1n) is 9.18. The summed E-state index contributed by atoms with van der Waals surface area (Å²) in [6.45, 7) is 1.84. The smallest absolute Gasteiger partial charge is 0.227 e. The van der Waals surface area contributed by atoms with Crippen molar-refractivity contribution in [3.8, 4) is 0 Å². The number of benzene rings is 2. The summed E-state index contributed by atoms with van der Waals surface area (Å²) in [5.74, 6) is 0.165. The minimum absolute atomic E-state index is 0. The molecule has 1 aliphatic heterocycles. The molecule has 1 fully saturated rings. The van der Waals surface area contributed by atoms with Crippen molar-refractivity contribution < 1.29 is 4.79 Å². The number of amides is 1. The van der Waals surface area contributed by atoms with Gasteiger partial charge in [-0.25, -0.2) is 0 Å². The van der Waals surface area contributed by atoms with E-state index in [1.54, 1.807) is 0 Å². The average molecular weight is 408 g/mol. The molecule has 27 heavy (non-hydrogen) atoms. The number of halogens is 2. The van der Waals surface area contributed by atoms with E-state index in [0.29, 0.717) is 0 Å². The van der Waals surface area contributed by atoms with Crippen LogP contribution in [0.3, 0.4) is 0 Å². The maximum atomic E-state index is 12.6. The Kier molecular flexibility index (Phi) is 7.54. The van der Waals surface area contributed by atoms with Gasteiger partial charge >= 0.3 is 0 Å². The minimum Gasteiger partial charge on any atom is -0.367 e. The Labute approximate surface area is 173 Å². The average Bonchev–Trinajstić information content (AvgIpc) is 3.23. The minimum atomic E-state index is 0.